The molecule has 0 fully saturated rings. The minimum atomic E-state index is -0.427. The molecule has 3 aromatic rings. The number of hydrogen-bond acceptors (Lipinski definition) is 5. The van der Waals surface area contributed by atoms with Crippen molar-refractivity contribution in [3.05, 3.63) is 72.5 Å². The lowest BCUT2D eigenvalue weighted by Crippen LogP contribution is -2.12. The van der Waals surface area contributed by atoms with E-state index < -0.39 is 4.92 Å². The van der Waals surface area contributed by atoms with Gasteiger partial charge in [0.1, 0.15) is 0 Å². The molecule has 0 atom stereocenters. The van der Waals surface area contributed by atoms with E-state index in [1.807, 2.05) is 0 Å². The number of nitro groups is 1. The van der Waals surface area contributed by atoms with Gasteiger partial charge in [-0.15, -0.1) is 11.3 Å². The fourth-order valence-electron chi connectivity index (χ4n) is 2.27. The standard InChI is InChI=1S/C17H11BrClN3O3S/c1-9-2-3-10(6-15(9)22(24)25)14-8-26-17(20-14)21-16(23)12-7-11(18)4-5-13(12)19/h2-8H,1H3,(H,20,21,23). The number of nitro benzene ring substituents is 1. The fourth-order valence-corrected chi connectivity index (χ4v) is 3.54. The Hall–Kier alpha value is -2.29. The van der Waals surface area contributed by atoms with Gasteiger partial charge in [0.2, 0.25) is 0 Å². The molecule has 2 aromatic carbocycles. The Morgan fingerprint density at radius 3 is 2.81 bits per heavy atom. The third-order valence-corrected chi connectivity index (χ3v) is 5.18. The van der Waals surface area contributed by atoms with E-state index in [0.29, 0.717) is 32.5 Å². The Morgan fingerprint density at radius 2 is 2.08 bits per heavy atom. The maximum Gasteiger partial charge on any atom is 0.272 e. The fraction of sp³-hybridized carbons (Fsp3) is 0.0588. The van der Waals surface area contributed by atoms with Crippen LogP contribution < -0.4 is 5.32 Å². The van der Waals surface area contributed by atoms with E-state index in [1.54, 1.807) is 42.6 Å². The van der Waals surface area contributed by atoms with Crippen LogP contribution in [0.1, 0.15) is 15.9 Å². The maximum atomic E-state index is 12.4. The van der Waals surface area contributed by atoms with Crippen LogP contribution in [0.25, 0.3) is 11.3 Å². The van der Waals surface area contributed by atoms with Gasteiger partial charge in [-0.3, -0.25) is 20.2 Å². The van der Waals surface area contributed by atoms with Crippen molar-refractivity contribution in [2.75, 3.05) is 5.32 Å². The first-order chi connectivity index (χ1) is 12.3. The van der Waals surface area contributed by atoms with Crippen molar-refractivity contribution in [3.8, 4) is 11.3 Å². The van der Waals surface area contributed by atoms with Gasteiger partial charge in [0, 0.05) is 27.0 Å². The molecule has 9 heteroatoms. The normalized spacial score (nSPS) is 10.6. The number of aromatic nitrogens is 1. The quantitative estimate of drug-likeness (QED) is 0.407. The zero-order chi connectivity index (χ0) is 18.8. The molecule has 0 aliphatic carbocycles. The molecular formula is C17H11BrClN3O3S. The molecule has 0 radical (unpaired) electrons. The second-order valence-corrected chi connectivity index (χ2v) is 7.56. The van der Waals surface area contributed by atoms with Crippen LogP contribution in [0.4, 0.5) is 10.8 Å². The van der Waals surface area contributed by atoms with Crippen molar-refractivity contribution in [2.45, 2.75) is 6.92 Å². The summed E-state index contributed by atoms with van der Waals surface area (Å²) in [5.74, 6) is -0.382. The second-order valence-electron chi connectivity index (χ2n) is 5.37. The monoisotopic (exact) mass is 451 g/mol. The average molecular weight is 453 g/mol. The molecule has 0 unspecified atom stereocenters. The number of carbonyl (C=O) groups is 1. The number of hydrogen-bond donors (Lipinski definition) is 1. The summed E-state index contributed by atoms with van der Waals surface area (Å²) in [6.07, 6.45) is 0. The molecule has 0 spiro atoms. The summed E-state index contributed by atoms with van der Waals surface area (Å²) in [6, 6.07) is 9.89. The smallest absolute Gasteiger partial charge is 0.272 e. The van der Waals surface area contributed by atoms with Gasteiger partial charge in [-0.2, -0.15) is 0 Å². The van der Waals surface area contributed by atoms with Crippen LogP contribution in [-0.2, 0) is 0 Å². The zero-order valence-corrected chi connectivity index (χ0v) is 16.5. The first-order valence-corrected chi connectivity index (χ1v) is 9.37. The second kappa shape index (κ2) is 7.53. The van der Waals surface area contributed by atoms with Crippen molar-refractivity contribution in [1.29, 1.82) is 0 Å². The lowest BCUT2D eigenvalue weighted by Gasteiger charge is -2.04. The predicted molar refractivity (Wildman–Crippen MR) is 106 cm³/mol. The molecule has 1 N–H and O–H groups in total. The SMILES string of the molecule is Cc1ccc(-c2csc(NC(=O)c3cc(Br)ccc3Cl)n2)cc1[N+](=O)[O-]. The molecule has 0 saturated heterocycles. The Kier molecular flexibility index (Phi) is 5.36. The Labute approximate surface area is 166 Å². The molecule has 1 amide bonds. The molecule has 1 aromatic heterocycles. The van der Waals surface area contributed by atoms with Crippen LogP contribution in [0.2, 0.25) is 5.02 Å². The molecular weight excluding hydrogens is 442 g/mol. The highest BCUT2D eigenvalue weighted by molar-refractivity contribution is 9.10. The molecule has 0 saturated carbocycles. The van der Waals surface area contributed by atoms with E-state index in [9.17, 15) is 14.9 Å². The Balaban J connectivity index is 1.84. The summed E-state index contributed by atoms with van der Waals surface area (Å²) in [5, 5.41) is 16.2. The molecule has 0 aliphatic rings. The lowest BCUT2D eigenvalue weighted by atomic mass is 10.1. The number of thiazole rings is 1. The van der Waals surface area contributed by atoms with Gasteiger partial charge in [0.25, 0.3) is 11.6 Å². The summed E-state index contributed by atoms with van der Waals surface area (Å²) >= 11 is 10.6. The maximum absolute atomic E-state index is 12.4. The number of benzene rings is 2. The van der Waals surface area contributed by atoms with Crippen LogP contribution in [-0.4, -0.2) is 15.8 Å². The molecule has 3 rings (SSSR count). The number of halogens is 2. The topological polar surface area (TPSA) is 85.1 Å². The lowest BCUT2D eigenvalue weighted by molar-refractivity contribution is -0.385. The van der Waals surface area contributed by atoms with E-state index >= 15 is 0 Å². The van der Waals surface area contributed by atoms with Gasteiger partial charge < -0.3 is 0 Å². The van der Waals surface area contributed by atoms with Gasteiger partial charge in [0.05, 0.1) is 21.2 Å². The molecule has 26 heavy (non-hydrogen) atoms. The van der Waals surface area contributed by atoms with Crippen molar-refractivity contribution in [2.24, 2.45) is 0 Å². The third-order valence-electron chi connectivity index (χ3n) is 3.60. The number of aryl methyl sites for hydroxylation is 1. The first-order valence-electron chi connectivity index (χ1n) is 7.32. The van der Waals surface area contributed by atoms with Crippen molar-refractivity contribution < 1.29 is 9.72 Å². The Morgan fingerprint density at radius 1 is 1.31 bits per heavy atom. The number of carbonyl (C=O) groups excluding carboxylic acids is 1. The average Bonchev–Trinajstić information content (AvgIpc) is 3.05. The summed E-state index contributed by atoms with van der Waals surface area (Å²) < 4.78 is 0.735. The van der Waals surface area contributed by atoms with Gasteiger partial charge in [0.15, 0.2) is 5.13 Å². The summed E-state index contributed by atoms with van der Waals surface area (Å²) in [5.41, 5.74) is 2.09. The highest BCUT2D eigenvalue weighted by Gasteiger charge is 2.16. The van der Waals surface area contributed by atoms with Gasteiger partial charge in [-0.25, -0.2) is 4.98 Å². The molecule has 0 bridgehead atoms. The van der Waals surface area contributed by atoms with Crippen molar-refractivity contribution in [3.63, 3.8) is 0 Å². The van der Waals surface area contributed by atoms with E-state index in [4.69, 9.17) is 11.6 Å². The van der Waals surface area contributed by atoms with Crippen LogP contribution in [0, 0.1) is 17.0 Å². The highest BCUT2D eigenvalue weighted by atomic mass is 79.9. The molecule has 132 valence electrons. The van der Waals surface area contributed by atoms with E-state index in [0.717, 1.165) is 4.47 Å². The first kappa shape index (κ1) is 18.5. The minimum Gasteiger partial charge on any atom is -0.298 e. The van der Waals surface area contributed by atoms with Crippen LogP contribution in [0.5, 0.6) is 0 Å². The van der Waals surface area contributed by atoms with Crippen LogP contribution >= 0.6 is 38.9 Å². The highest BCUT2D eigenvalue weighted by Crippen LogP contribution is 2.30. The number of amides is 1. The molecule has 6 nitrogen and oxygen atoms in total. The summed E-state index contributed by atoms with van der Waals surface area (Å²) in [7, 11) is 0. The van der Waals surface area contributed by atoms with Gasteiger partial charge in [-0.05, 0) is 25.1 Å². The summed E-state index contributed by atoms with van der Waals surface area (Å²) in [4.78, 5) is 27.4. The number of nitrogens with one attached hydrogen (secondary N) is 1. The number of anilines is 1. The van der Waals surface area contributed by atoms with Crippen LogP contribution in [0.3, 0.4) is 0 Å². The number of rotatable bonds is 4. The largest absolute Gasteiger partial charge is 0.298 e. The van der Waals surface area contributed by atoms with Crippen molar-refractivity contribution in [1.82, 2.24) is 4.98 Å². The van der Waals surface area contributed by atoms with E-state index in [2.05, 4.69) is 26.2 Å². The van der Waals surface area contributed by atoms with Crippen molar-refractivity contribution >= 4 is 55.6 Å². The molecule has 0 aliphatic heterocycles. The Bertz CT molecular complexity index is 1020. The van der Waals surface area contributed by atoms with Crippen LogP contribution in [0.15, 0.2) is 46.3 Å². The van der Waals surface area contributed by atoms with E-state index in [-0.39, 0.29) is 11.6 Å². The summed E-state index contributed by atoms with van der Waals surface area (Å²) in [6.45, 7) is 1.68. The zero-order valence-electron chi connectivity index (χ0n) is 13.3. The van der Waals surface area contributed by atoms with Gasteiger partial charge >= 0.3 is 0 Å². The molecule has 1 heterocycles. The minimum absolute atomic E-state index is 0.0296. The number of nitrogens with zero attached hydrogens (tertiary/aromatic N) is 2. The third kappa shape index (κ3) is 3.92. The van der Waals surface area contributed by atoms with Gasteiger partial charge in [-0.1, -0.05) is 39.7 Å². The van der Waals surface area contributed by atoms with E-state index in [1.165, 1.54) is 17.4 Å². The predicted octanol–water partition coefficient (Wildman–Crippen LogP) is 5.69.